The van der Waals surface area contributed by atoms with Gasteiger partial charge in [-0.3, -0.25) is 9.59 Å². The summed E-state index contributed by atoms with van der Waals surface area (Å²) >= 11 is 0. The molecule has 0 aromatic carbocycles. The molecule has 0 amide bonds. The Morgan fingerprint density at radius 3 is 2.52 bits per heavy atom. The third kappa shape index (κ3) is 2.83. The number of hydrogen-bond donors (Lipinski definition) is 0. The Hall–Kier alpha value is -1.12. The largest absolute Gasteiger partial charge is 0.463 e. The molecule has 3 fully saturated rings. The van der Waals surface area contributed by atoms with Crippen LogP contribution in [0.5, 0.6) is 0 Å². The molecule has 4 aliphatic rings. The lowest BCUT2D eigenvalue weighted by Crippen LogP contribution is -2.49. The molecule has 0 saturated heterocycles. The van der Waals surface area contributed by atoms with Gasteiger partial charge in [0.15, 0.2) is 0 Å². The zero-order valence-corrected chi connectivity index (χ0v) is 17.7. The summed E-state index contributed by atoms with van der Waals surface area (Å²) in [6.07, 6.45) is 10.6. The van der Waals surface area contributed by atoms with Crippen LogP contribution in [0.4, 0.5) is 0 Å². The van der Waals surface area contributed by atoms with Crippen LogP contribution in [0.15, 0.2) is 11.6 Å². The van der Waals surface area contributed by atoms with Crippen molar-refractivity contribution in [3.8, 4) is 0 Å². The highest BCUT2D eigenvalue weighted by atomic mass is 16.5. The number of ketones is 1. The molecular formula is C24H36O3. The Labute approximate surface area is 164 Å². The Morgan fingerprint density at radius 1 is 1.11 bits per heavy atom. The van der Waals surface area contributed by atoms with Crippen molar-refractivity contribution < 1.29 is 14.3 Å². The molecule has 4 rings (SSSR count). The van der Waals surface area contributed by atoms with E-state index in [1.54, 1.807) is 5.57 Å². The maximum absolute atomic E-state index is 12.4. The standard InChI is InChI=1S/C24H36O3/c1-14-12-21-19-7-6-17-13-18(27-16(3)26)8-10-23(17,4)20(19)9-11-24(21,5)22(14)15(2)25/h9,14,17-19,21-22H,6-8,10-13H2,1-5H3/t14-,17-,18+,19+,21+,22-,23-,24+/m0/s1. The Balaban J connectivity index is 1.61. The number of fused-ring (bicyclic) bond motifs is 5. The van der Waals surface area contributed by atoms with Crippen molar-refractivity contribution in [3.63, 3.8) is 0 Å². The summed E-state index contributed by atoms with van der Waals surface area (Å²) in [4.78, 5) is 23.8. The van der Waals surface area contributed by atoms with E-state index in [9.17, 15) is 9.59 Å². The molecule has 27 heavy (non-hydrogen) atoms. The minimum Gasteiger partial charge on any atom is -0.463 e. The lowest BCUT2D eigenvalue weighted by Gasteiger charge is -2.56. The smallest absolute Gasteiger partial charge is 0.302 e. The summed E-state index contributed by atoms with van der Waals surface area (Å²) in [6, 6.07) is 0. The number of esters is 1. The quantitative estimate of drug-likeness (QED) is 0.486. The van der Waals surface area contributed by atoms with E-state index in [0.29, 0.717) is 29.5 Å². The average Bonchev–Trinajstić information content (AvgIpc) is 2.85. The topological polar surface area (TPSA) is 43.4 Å². The molecular weight excluding hydrogens is 336 g/mol. The van der Waals surface area contributed by atoms with Crippen LogP contribution in [-0.4, -0.2) is 17.9 Å². The van der Waals surface area contributed by atoms with E-state index in [1.807, 2.05) is 6.92 Å². The molecule has 3 heteroatoms. The van der Waals surface area contributed by atoms with E-state index in [2.05, 4.69) is 26.8 Å². The summed E-state index contributed by atoms with van der Waals surface area (Å²) in [6.45, 7) is 10.5. The first-order valence-corrected chi connectivity index (χ1v) is 11.0. The second-order valence-corrected chi connectivity index (χ2v) is 10.6. The van der Waals surface area contributed by atoms with Crippen LogP contribution in [0.1, 0.15) is 79.6 Å². The number of hydrogen-bond acceptors (Lipinski definition) is 3. The number of allylic oxidation sites excluding steroid dienone is 2. The fraction of sp³-hybridized carbons (Fsp3) is 0.833. The van der Waals surface area contributed by atoms with Crippen molar-refractivity contribution >= 4 is 11.8 Å². The number of Topliss-reactive ketones (excluding diaryl/α,β-unsaturated/α-hetero) is 1. The maximum atomic E-state index is 12.4. The first kappa shape index (κ1) is 19.2. The van der Waals surface area contributed by atoms with E-state index >= 15 is 0 Å². The van der Waals surface area contributed by atoms with Gasteiger partial charge >= 0.3 is 5.97 Å². The molecule has 0 aliphatic heterocycles. The normalized spacial score (nSPS) is 48.7. The first-order valence-electron chi connectivity index (χ1n) is 11.0. The highest BCUT2D eigenvalue weighted by molar-refractivity contribution is 5.80. The van der Waals surface area contributed by atoms with Gasteiger partial charge in [-0.1, -0.05) is 32.4 Å². The Bertz CT molecular complexity index is 679. The molecule has 0 spiro atoms. The van der Waals surface area contributed by atoms with Crippen LogP contribution in [0, 0.1) is 40.4 Å². The molecule has 150 valence electrons. The van der Waals surface area contributed by atoms with Crippen LogP contribution >= 0.6 is 0 Å². The van der Waals surface area contributed by atoms with Crippen molar-refractivity contribution in [2.45, 2.75) is 85.7 Å². The van der Waals surface area contributed by atoms with E-state index in [0.717, 1.165) is 25.7 Å². The summed E-state index contributed by atoms with van der Waals surface area (Å²) in [7, 11) is 0. The predicted molar refractivity (Wildman–Crippen MR) is 106 cm³/mol. The van der Waals surface area contributed by atoms with Crippen LogP contribution in [0.3, 0.4) is 0 Å². The van der Waals surface area contributed by atoms with E-state index in [4.69, 9.17) is 4.74 Å². The highest BCUT2D eigenvalue weighted by Crippen LogP contribution is 2.66. The Morgan fingerprint density at radius 2 is 1.85 bits per heavy atom. The van der Waals surface area contributed by atoms with E-state index in [1.165, 1.54) is 26.2 Å². The number of carbonyl (C=O) groups excluding carboxylic acids is 2. The summed E-state index contributed by atoms with van der Waals surface area (Å²) in [5, 5.41) is 0. The van der Waals surface area contributed by atoms with Crippen LogP contribution in [-0.2, 0) is 14.3 Å². The molecule has 4 aliphatic carbocycles. The monoisotopic (exact) mass is 372 g/mol. The van der Waals surface area contributed by atoms with Gasteiger partial charge in [0, 0.05) is 12.8 Å². The van der Waals surface area contributed by atoms with Crippen molar-refractivity contribution in [2.75, 3.05) is 0 Å². The van der Waals surface area contributed by atoms with Gasteiger partial charge in [-0.05, 0) is 86.4 Å². The van der Waals surface area contributed by atoms with Gasteiger partial charge in [-0.15, -0.1) is 0 Å². The maximum Gasteiger partial charge on any atom is 0.302 e. The SMILES string of the molecule is CC(=O)O[C@@H]1CC[C@]2(C)C3=CC[C@]4(C)[C@H](C[C@H](C)[C@H]4C(C)=O)[C@@H]3CC[C@H]2C1. The fourth-order valence-corrected chi connectivity index (χ4v) is 8.06. The molecule has 0 aromatic rings. The van der Waals surface area contributed by atoms with Gasteiger partial charge < -0.3 is 4.74 Å². The van der Waals surface area contributed by atoms with Crippen molar-refractivity contribution in [1.82, 2.24) is 0 Å². The van der Waals surface area contributed by atoms with Gasteiger partial charge in [0.1, 0.15) is 11.9 Å². The van der Waals surface area contributed by atoms with Crippen LogP contribution < -0.4 is 0 Å². The molecule has 0 N–H and O–H groups in total. The minimum atomic E-state index is -0.139. The molecule has 3 nitrogen and oxygen atoms in total. The first-order chi connectivity index (χ1) is 12.7. The third-order valence-corrected chi connectivity index (χ3v) is 9.09. The van der Waals surface area contributed by atoms with Gasteiger partial charge in [-0.2, -0.15) is 0 Å². The van der Waals surface area contributed by atoms with Crippen LogP contribution in [0.25, 0.3) is 0 Å². The van der Waals surface area contributed by atoms with E-state index in [-0.39, 0.29) is 28.8 Å². The predicted octanol–water partition coefficient (Wildman–Crippen LogP) is 5.33. The lowest BCUT2D eigenvalue weighted by molar-refractivity contribution is -0.151. The third-order valence-electron chi connectivity index (χ3n) is 9.09. The van der Waals surface area contributed by atoms with Crippen molar-refractivity contribution in [3.05, 3.63) is 11.6 Å². The Kier molecular flexibility index (Phi) is 4.59. The molecule has 3 saturated carbocycles. The zero-order chi connectivity index (χ0) is 19.6. The van der Waals surface area contributed by atoms with Crippen molar-refractivity contribution in [2.24, 2.45) is 40.4 Å². The molecule has 0 bridgehead atoms. The number of ether oxygens (including phenoxy) is 1. The fourth-order valence-electron chi connectivity index (χ4n) is 8.06. The van der Waals surface area contributed by atoms with Crippen LogP contribution in [0.2, 0.25) is 0 Å². The minimum absolute atomic E-state index is 0.111. The molecule has 8 atom stereocenters. The average molecular weight is 373 g/mol. The van der Waals surface area contributed by atoms with Gasteiger partial charge in [-0.25, -0.2) is 0 Å². The van der Waals surface area contributed by atoms with Crippen molar-refractivity contribution in [1.29, 1.82) is 0 Å². The van der Waals surface area contributed by atoms with Gasteiger partial charge in [0.2, 0.25) is 0 Å². The molecule has 0 unspecified atom stereocenters. The highest BCUT2D eigenvalue weighted by Gasteiger charge is 2.59. The molecule has 0 aromatic heterocycles. The summed E-state index contributed by atoms with van der Waals surface area (Å²) in [5.74, 6) is 2.93. The zero-order valence-electron chi connectivity index (χ0n) is 17.7. The molecule has 0 heterocycles. The van der Waals surface area contributed by atoms with Gasteiger partial charge in [0.25, 0.3) is 0 Å². The second kappa shape index (κ2) is 6.46. The summed E-state index contributed by atoms with van der Waals surface area (Å²) in [5.41, 5.74) is 2.11. The number of carbonyl (C=O) groups is 2. The second-order valence-electron chi connectivity index (χ2n) is 10.6. The molecule has 0 radical (unpaired) electrons. The lowest BCUT2D eigenvalue weighted by atomic mass is 9.48. The number of rotatable bonds is 2. The van der Waals surface area contributed by atoms with Gasteiger partial charge in [0.05, 0.1) is 0 Å². The summed E-state index contributed by atoms with van der Waals surface area (Å²) < 4.78 is 5.57. The van der Waals surface area contributed by atoms with E-state index < -0.39 is 0 Å².